The van der Waals surface area contributed by atoms with E-state index in [1.165, 1.54) is 56.9 Å². The highest BCUT2D eigenvalue weighted by molar-refractivity contribution is 5.85. The van der Waals surface area contributed by atoms with Crippen LogP contribution in [0.4, 0.5) is 0 Å². The van der Waals surface area contributed by atoms with Crippen LogP contribution in [0, 0.1) is 0 Å². The topological polar surface area (TPSA) is 91.0 Å². The molecule has 0 saturated carbocycles. The van der Waals surface area contributed by atoms with Crippen LogP contribution in [0.15, 0.2) is 28.8 Å². The highest BCUT2D eigenvalue weighted by atomic mass is 35.5. The zero-order valence-corrected chi connectivity index (χ0v) is 17.3. The average molecular weight is 395 g/mol. The van der Waals surface area contributed by atoms with Crippen LogP contribution >= 0.6 is 12.4 Å². The molecular weight excluding hydrogens is 360 g/mol. The van der Waals surface area contributed by atoms with Crippen molar-refractivity contribution in [3.05, 3.63) is 35.7 Å². The molecule has 0 spiro atoms. The molecule has 1 aromatic heterocycles. The average Bonchev–Trinajstić information content (AvgIpc) is 3.15. The van der Waals surface area contributed by atoms with E-state index in [0.29, 0.717) is 24.7 Å². The van der Waals surface area contributed by atoms with Gasteiger partial charge in [0.15, 0.2) is 0 Å². The largest absolute Gasteiger partial charge is 0.337 e. The van der Waals surface area contributed by atoms with Gasteiger partial charge < -0.3 is 16.0 Å². The molecular formula is C21H35ClN4O. The van der Waals surface area contributed by atoms with Crippen LogP contribution in [-0.2, 0) is 6.42 Å². The van der Waals surface area contributed by atoms with Gasteiger partial charge in [-0.2, -0.15) is 4.98 Å². The predicted molar refractivity (Wildman–Crippen MR) is 114 cm³/mol. The van der Waals surface area contributed by atoms with Gasteiger partial charge in [-0.1, -0.05) is 81.3 Å². The molecule has 0 unspecified atom stereocenters. The summed E-state index contributed by atoms with van der Waals surface area (Å²) in [5.74, 6) is 1.04. The highest BCUT2D eigenvalue weighted by Gasteiger charge is 2.14. The Hall–Kier alpha value is -1.43. The first-order chi connectivity index (χ1) is 12.7. The second-order valence-corrected chi connectivity index (χ2v) is 7.06. The molecule has 27 heavy (non-hydrogen) atoms. The Morgan fingerprint density at radius 1 is 0.963 bits per heavy atom. The van der Waals surface area contributed by atoms with E-state index in [1.807, 2.05) is 0 Å². The van der Waals surface area contributed by atoms with Crippen LogP contribution in [0.2, 0.25) is 0 Å². The SMILES string of the molecule is CCCCCCCCCCc1ccc(-c2noc([C@@H](N)CCN)n2)cc1.Cl. The summed E-state index contributed by atoms with van der Waals surface area (Å²) in [6.07, 6.45) is 12.6. The Kier molecular flexibility index (Phi) is 12.0. The lowest BCUT2D eigenvalue weighted by Gasteiger charge is -2.04. The van der Waals surface area contributed by atoms with Crippen LogP contribution in [0.5, 0.6) is 0 Å². The second-order valence-electron chi connectivity index (χ2n) is 7.06. The van der Waals surface area contributed by atoms with Gasteiger partial charge in [0.25, 0.3) is 0 Å². The Balaban J connectivity index is 0.00000364. The van der Waals surface area contributed by atoms with Gasteiger partial charge in [0, 0.05) is 5.56 Å². The molecule has 0 aliphatic heterocycles. The van der Waals surface area contributed by atoms with E-state index in [2.05, 4.69) is 41.3 Å². The zero-order chi connectivity index (χ0) is 18.6. The Morgan fingerprint density at radius 3 is 2.22 bits per heavy atom. The van der Waals surface area contributed by atoms with Crippen molar-refractivity contribution in [2.24, 2.45) is 11.5 Å². The normalized spacial score (nSPS) is 12.0. The molecule has 2 aromatic rings. The van der Waals surface area contributed by atoms with Crippen molar-refractivity contribution in [3.8, 4) is 11.4 Å². The third kappa shape index (κ3) is 8.41. The number of hydrogen-bond donors (Lipinski definition) is 2. The summed E-state index contributed by atoms with van der Waals surface area (Å²) in [4.78, 5) is 4.39. The first-order valence-electron chi connectivity index (χ1n) is 10.1. The quantitative estimate of drug-likeness (QED) is 0.456. The number of halogens is 1. The maximum Gasteiger partial charge on any atom is 0.243 e. The number of aromatic nitrogens is 2. The van der Waals surface area contributed by atoms with Crippen molar-refractivity contribution in [1.29, 1.82) is 0 Å². The maximum atomic E-state index is 5.96. The van der Waals surface area contributed by atoms with Crippen LogP contribution in [-0.4, -0.2) is 16.7 Å². The molecule has 0 aliphatic carbocycles. The molecule has 152 valence electrons. The minimum Gasteiger partial charge on any atom is -0.337 e. The lowest BCUT2D eigenvalue weighted by atomic mass is 10.0. The minimum atomic E-state index is -0.289. The summed E-state index contributed by atoms with van der Waals surface area (Å²) in [5, 5.41) is 4.03. The molecule has 0 saturated heterocycles. The molecule has 1 atom stereocenters. The van der Waals surface area contributed by atoms with Gasteiger partial charge in [-0.15, -0.1) is 12.4 Å². The molecule has 0 radical (unpaired) electrons. The summed E-state index contributed by atoms with van der Waals surface area (Å²) in [7, 11) is 0. The Morgan fingerprint density at radius 2 is 1.59 bits per heavy atom. The third-order valence-corrected chi connectivity index (χ3v) is 4.77. The lowest BCUT2D eigenvalue weighted by molar-refractivity contribution is 0.350. The summed E-state index contributed by atoms with van der Waals surface area (Å²) in [6.45, 7) is 2.77. The summed E-state index contributed by atoms with van der Waals surface area (Å²) in [5.41, 5.74) is 13.8. The number of unbranched alkanes of at least 4 members (excludes halogenated alkanes) is 7. The molecule has 0 fully saturated rings. The van der Waals surface area contributed by atoms with Crippen LogP contribution in [0.3, 0.4) is 0 Å². The van der Waals surface area contributed by atoms with E-state index in [4.69, 9.17) is 16.0 Å². The van der Waals surface area contributed by atoms with Crippen molar-refractivity contribution >= 4 is 12.4 Å². The standard InChI is InChI=1S/C21H34N4O.ClH/c1-2-3-4-5-6-7-8-9-10-17-11-13-18(14-12-17)20-24-21(26-25-20)19(23)15-16-22;/h11-14,19H,2-10,15-16,22-23H2,1H3;1H/t19-;/m0./s1. The fourth-order valence-electron chi connectivity index (χ4n) is 3.09. The third-order valence-electron chi connectivity index (χ3n) is 4.77. The lowest BCUT2D eigenvalue weighted by Crippen LogP contribution is -2.15. The van der Waals surface area contributed by atoms with Crippen LogP contribution in [0.1, 0.15) is 82.2 Å². The van der Waals surface area contributed by atoms with Crippen molar-refractivity contribution < 1.29 is 4.52 Å². The summed E-state index contributed by atoms with van der Waals surface area (Å²) < 4.78 is 5.25. The fourth-order valence-corrected chi connectivity index (χ4v) is 3.09. The molecule has 1 heterocycles. The molecule has 2 rings (SSSR count). The van der Waals surface area contributed by atoms with Crippen molar-refractivity contribution in [3.63, 3.8) is 0 Å². The first kappa shape index (κ1) is 23.6. The van der Waals surface area contributed by atoms with Crippen LogP contribution < -0.4 is 11.5 Å². The second kappa shape index (κ2) is 13.7. The smallest absolute Gasteiger partial charge is 0.243 e. The van der Waals surface area contributed by atoms with Gasteiger partial charge in [-0.25, -0.2) is 0 Å². The van der Waals surface area contributed by atoms with Crippen LogP contribution in [0.25, 0.3) is 11.4 Å². The van der Waals surface area contributed by atoms with E-state index in [-0.39, 0.29) is 18.4 Å². The van der Waals surface area contributed by atoms with Crippen molar-refractivity contribution in [2.75, 3.05) is 6.54 Å². The fraction of sp³-hybridized carbons (Fsp3) is 0.619. The number of nitrogens with zero attached hydrogens (tertiary/aromatic N) is 2. The monoisotopic (exact) mass is 394 g/mol. The highest BCUT2D eigenvalue weighted by Crippen LogP contribution is 2.20. The molecule has 5 nitrogen and oxygen atoms in total. The van der Waals surface area contributed by atoms with Gasteiger partial charge in [0.1, 0.15) is 0 Å². The number of rotatable bonds is 13. The van der Waals surface area contributed by atoms with Gasteiger partial charge in [0.2, 0.25) is 11.7 Å². The number of benzene rings is 1. The minimum absolute atomic E-state index is 0. The van der Waals surface area contributed by atoms with Gasteiger partial charge in [-0.3, -0.25) is 0 Å². The first-order valence-corrected chi connectivity index (χ1v) is 10.1. The van der Waals surface area contributed by atoms with E-state index in [0.717, 1.165) is 12.0 Å². The summed E-state index contributed by atoms with van der Waals surface area (Å²) in [6, 6.07) is 8.15. The van der Waals surface area contributed by atoms with E-state index < -0.39 is 0 Å². The van der Waals surface area contributed by atoms with Crippen molar-refractivity contribution in [1.82, 2.24) is 10.1 Å². The van der Waals surface area contributed by atoms with E-state index in [9.17, 15) is 0 Å². The molecule has 1 aromatic carbocycles. The predicted octanol–water partition coefficient (Wildman–Crippen LogP) is 5.19. The Bertz CT molecular complexity index is 615. The van der Waals surface area contributed by atoms with Crippen molar-refractivity contribution in [2.45, 2.75) is 77.2 Å². The molecule has 0 bridgehead atoms. The molecule has 4 N–H and O–H groups in total. The Labute approximate surface area is 169 Å². The van der Waals surface area contributed by atoms with Gasteiger partial charge >= 0.3 is 0 Å². The molecule has 6 heteroatoms. The number of hydrogen-bond acceptors (Lipinski definition) is 5. The summed E-state index contributed by atoms with van der Waals surface area (Å²) >= 11 is 0. The van der Waals surface area contributed by atoms with E-state index in [1.54, 1.807) is 0 Å². The zero-order valence-electron chi connectivity index (χ0n) is 16.5. The maximum absolute atomic E-state index is 5.96. The molecule has 0 aliphatic rings. The van der Waals surface area contributed by atoms with Gasteiger partial charge in [-0.05, 0) is 31.4 Å². The van der Waals surface area contributed by atoms with E-state index >= 15 is 0 Å². The number of nitrogens with two attached hydrogens (primary N) is 2. The number of aryl methyl sites for hydroxylation is 1. The molecule has 0 amide bonds. The van der Waals surface area contributed by atoms with Gasteiger partial charge in [0.05, 0.1) is 6.04 Å².